The monoisotopic (exact) mass is 361 g/mol. The maximum atomic E-state index is 12.4. The topological polar surface area (TPSA) is 54.0 Å². The average molecular weight is 361 g/mol. The molecule has 0 spiro atoms. The van der Waals surface area contributed by atoms with Crippen molar-refractivity contribution in [2.45, 2.75) is 25.8 Å². The fraction of sp³-hybridized carbons (Fsp3) is 0.650. The van der Waals surface area contributed by atoms with Gasteiger partial charge >= 0.3 is 0 Å². The summed E-state index contributed by atoms with van der Waals surface area (Å²) in [6, 6.07) is 5.99. The molecule has 0 aliphatic carbocycles. The molecule has 1 N–H and O–H groups in total. The van der Waals surface area contributed by atoms with Gasteiger partial charge in [-0.25, -0.2) is 0 Å². The molecule has 2 aliphatic rings. The Kier molecular flexibility index (Phi) is 6.74. The van der Waals surface area contributed by atoms with E-state index in [2.05, 4.69) is 22.3 Å². The summed E-state index contributed by atoms with van der Waals surface area (Å²) < 4.78 is 10.7. The lowest BCUT2D eigenvalue weighted by Crippen LogP contribution is -2.48. The predicted molar refractivity (Wildman–Crippen MR) is 102 cm³/mol. The third-order valence-corrected chi connectivity index (χ3v) is 5.47. The molecule has 6 nitrogen and oxygen atoms in total. The van der Waals surface area contributed by atoms with Crippen molar-refractivity contribution in [3.8, 4) is 11.5 Å². The molecule has 1 aromatic rings. The van der Waals surface area contributed by atoms with Gasteiger partial charge in [0.25, 0.3) is 0 Å². The standard InChI is InChI=1S/C20H31N3O3/c1-25-18-11-17(12-19(13-18)26-2)15-22-7-9-23(10-8-22)20(24)4-3-16-5-6-21-14-16/h11-13,16,21H,3-10,14-15H2,1-2H3. The number of nitrogens with zero attached hydrogens (tertiary/aromatic N) is 2. The molecule has 1 aromatic carbocycles. The number of piperazine rings is 1. The van der Waals surface area contributed by atoms with Gasteiger partial charge in [-0.2, -0.15) is 0 Å². The minimum atomic E-state index is 0.319. The van der Waals surface area contributed by atoms with Gasteiger partial charge in [-0.3, -0.25) is 9.69 Å². The lowest BCUT2D eigenvalue weighted by Gasteiger charge is -2.35. The van der Waals surface area contributed by atoms with Crippen LogP contribution in [0.2, 0.25) is 0 Å². The van der Waals surface area contributed by atoms with Crippen LogP contribution in [0.4, 0.5) is 0 Å². The highest BCUT2D eigenvalue weighted by Crippen LogP contribution is 2.24. The third-order valence-electron chi connectivity index (χ3n) is 5.47. The second kappa shape index (κ2) is 9.24. The van der Waals surface area contributed by atoms with Gasteiger partial charge in [-0.15, -0.1) is 0 Å². The highest BCUT2D eigenvalue weighted by Gasteiger charge is 2.23. The second-order valence-corrected chi connectivity index (χ2v) is 7.28. The first-order chi connectivity index (χ1) is 12.7. The molecule has 1 atom stereocenters. The highest BCUT2D eigenvalue weighted by atomic mass is 16.5. The van der Waals surface area contributed by atoms with Gasteiger partial charge in [0.05, 0.1) is 14.2 Å². The van der Waals surface area contributed by atoms with E-state index in [1.807, 2.05) is 11.0 Å². The van der Waals surface area contributed by atoms with Crippen LogP contribution in [0.3, 0.4) is 0 Å². The summed E-state index contributed by atoms with van der Waals surface area (Å²) in [5, 5.41) is 3.37. The average Bonchev–Trinajstić information content (AvgIpc) is 3.20. The summed E-state index contributed by atoms with van der Waals surface area (Å²) in [5.41, 5.74) is 1.18. The molecule has 2 saturated heterocycles. The fourth-order valence-corrected chi connectivity index (χ4v) is 3.82. The van der Waals surface area contributed by atoms with Gasteiger partial charge in [-0.1, -0.05) is 0 Å². The quantitative estimate of drug-likeness (QED) is 0.802. The Hall–Kier alpha value is -1.79. The molecule has 26 heavy (non-hydrogen) atoms. The summed E-state index contributed by atoms with van der Waals surface area (Å²) >= 11 is 0. The van der Waals surface area contributed by atoms with Crippen molar-refractivity contribution in [1.82, 2.24) is 15.1 Å². The van der Waals surface area contributed by atoms with Gasteiger partial charge in [0.15, 0.2) is 0 Å². The molecule has 2 heterocycles. The van der Waals surface area contributed by atoms with Crippen LogP contribution in [0.1, 0.15) is 24.8 Å². The molecule has 0 saturated carbocycles. The summed E-state index contributed by atoms with van der Waals surface area (Å²) in [4.78, 5) is 16.9. The Morgan fingerprint density at radius 3 is 2.38 bits per heavy atom. The fourth-order valence-electron chi connectivity index (χ4n) is 3.82. The number of benzene rings is 1. The Labute approximate surface area is 156 Å². The normalized spacial score (nSPS) is 21.0. The van der Waals surface area contributed by atoms with Gasteiger partial charge in [0, 0.05) is 45.2 Å². The van der Waals surface area contributed by atoms with Gasteiger partial charge in [-0.05, 0) is 49.5 Å². The van der Waals surface area contributed by atoms with E-state index in [4.69, 9.17) is 9.47 Å². The Bertz CT molecular complexity index is 572. The minimum Gasteiger partial charge on any atom is -0.497 e. The number of ether oxygens (including phenoxy) is 2. The molecule has 3 rings (SSSR count). The Morgan fingerprint density at radius 2 is 1.81 bits per heavy atom. The summed E-state index contributed by atoms with van der Waals surface area (Å²) in [6.45, 7) is 6.50. The van der Waals surface area contributed by atoms with Crippen molar-refractivity contribution in [1.29, 1.82) is 0 Å². The van der Waals surface area contributed by atoms with E-state index in [0.29, 0.717) is 18.2 Å². The molecule has 2 fully saturated rings. The zero-order valence-corrected chi connectivity index (χ0v) is 16.0. The van der Waals surface area contributed by atoms with E-state index in [1.54, 1.807) is 14.2 Å². The van der Waals surface area contributed by atoms with Crippen LogP contribution in [-0.2, 0) is 11.3 Å². The van der Waals surface area contributed by atoms with Crippen LogP contribution >= 0.6 is 0 Å². The summed E-state index contributed by atoms with van der Waals surface area (Å²) in [5.74, 6) is 2.63. The van der Waals surface area contributed by atoms with Gasteiger partial charge < -0.3 is 19.7 Å². The first kappa shape index (κ1) is 19.0. The third kappa shape index (κ3) is 5.11. The van der Waals surface area contributed by atoms with Crippen LogP contribution < -0.4 is 14.8 Å². The van der Waals surface area contributed by atoms with Crippen LogP contribution in [0, 0.1) is 5.92 Å². The molecular weight excluding hydrogens is 330 g/mol. The number of hydrogen-bond donors (Lipinski definition) is 1. The van der Waals surface area contributed by atoms with Crippen molar-refractivity contribution in [2.75, 3.05) is 53.5 Å². The zero-order valence-electron chi connectivity index (χ0n) is 16.0. The number of hydrogen-bond acceptors (Lipinski definition) is 5. The lowest BCUT2D eigenvalue weighted by molar-refractivity contribution is -0.133. The molecule has 0 aromatic heterocycles. The maximum Gasteiger partial charge on any atom is 0.222 e. The van der Waals surface area contributed by atoms with Crippen molar-refractivity contribution in [2.24, 2.45) is 5.92 Å². The smallest absolute Gasteiger partial charge is 0.222 e. The SMILES string of the molecule is COc1cc(CN2CCN(C(=O)CCC3CCNC3)CC2)cc(OC)c1. The molecule has 2 aliphatic heterocycles. The largest absolute Gasteiger partial charge is 0.497 e. The number of amides is 1. The van der Waals surface area contributed by atoms with E-state index in [9.17, 15) is 4.79 Å². The molecule has 0 bridgehead atoms. The predicted octanol–water partition coefficient (Wildman–Crippen LogP) is 1.74. The molecule has 0 radical (unpaired) electrons. The first-order valence-corrected chi connectivity index (χ1v) is 9.60. The Morgan fingerprint density at radius 1 is 1.12 bits per heavy atom. The maximum absolute atomic E-state index is 12.4. The molecule has 144 valence electrons. The number of carbonyl (C=O) groups excluding carboxylic acids is 1. The van der Waals surface area contributed by atoms with Crippen molar-refractivity contribution < 1.29 is 14.3 Å². The Balaban J connectivity index is 1.45. The van der Waals surface area contributed by atoms with E-state index in [-0.39, 0.29) is 0 Å². The molecule has 6 heteroatoms. The highest BCUT2D eigenvalue weighted by molar-refractivity contribution is 5.76. The molecule has 1 amide bonds. The number of methoxy groups -OCH3 is 2. The lowest BCUT2D eigenvalue weighted by atomic mass is 10.0. The van der Waals surface area contributed by atoms with Crippen molar-refractivity contribution in [3.63, 3.8) is 0 Å². The van der Waals surface area contributed by atoms with Crippen LogP contribution in [0.15, 0.2) is 18.2 Å². The van der Waals surface area contributed by atoms with E-state index < -0.39 is 0 Å². The summed E-state index contributed by atoms with van der Waals surface area (Å²) in [7, 11) is 3.34. The van der Waals surface area contributed by atoms with Crippen molar-refractivity contribution in [3.05, 3.63) is 23.8 Å². The first-order valence-electron chi connectivity index (χ1n) is 9.60. The number of nitrogens with one attached hydrogen (secondary N) is 1. The van der Waals surface area contributed by atoms with E-state index >= 15 is 0 Å². The van der Waals surface area contributed by atoms with Gasteiger partial charge in [0.2, 0.25) is 5.91 Å². The van der Waals surface area contributed by atoms with E-state index in [0.717, 1.165) is 63.7 Å². The van der Waals surface area contributed by atoms with Crippen LogP contribution in [0.5, 0.6) is 11.5 Å². The summed E-state index contributed by atoms with van der Waals surface area (Å²) in [6.07, 6.45) is 2.93. The second-order valence-electron chi connectivity index (χ2n) is 7.28. The number of carbonyl (C=O) groups is 1. The van der Waals surface area contributed by atoms with Crippen molar-refractivity contribution >= 4 is 5.91 Å². The van der Waals surface area contributed by atoms with E-state index in [1.165, 1.54) is 12.0 Å². The van der Waals surface area contributed by atoms with Crippen LogP contribution in [-0.4, -0.2) is 69.2 Å². The number of rotatable bonds is 7. The zero-order chi connectivity index (χ0) is 18.4. The molecule has 1 unspecified atom stereocenters. The minimum absolute atomic E-state index is 0.319. The molecular formula is C20H31N3O3. The van der Waals surface area contributed by atoms with Crippen LogP contribution in [0.25, 0.3) is 0 Å². The van der Waals surface area contributed by atoms with Gasteiger partial charge in [0.1, 0.15) is 11.5 Å².